The summed E-state index contributed by atoms with van der Waals surface area (Å²) in [5.74, 6) is 6.13. The highest BCUT2D eigenvalue weighted by molar-refractivity contribution is 5.92. The van der Waals surface area contributed by atoms with Crippen LogP contribution < -0.4 is 5.73 Å². The Labute approximate surface area is 161 Å². The van der Waals surface area contributed by atoms with E-state index in [9.17, 15) is 4.79 Å². The molecule has 0 aromatic heterocycles. The third-order valence-corrected chi connectivity index (χ3v) is 8.86. The molecule has 5 saturated carbocycles. The summed E-state index contributed by atoms with van der Waals surface area (Å²) in [5, 5.41) is 0. The van der Waals surface area contributed by atoms with Crippen LogP contribution in [0.25, 0.3) is 0 Å². The second kappa shape index (κ2) is 5.57. The molecule has 4 heteroatoms. The number of piperidine rings is 1. The molecule has 1 aromatic carbocycles. The fourth-order valence-corrected chi connectivity index (χ4v) is 7.73. The predicted octanol–water partition coefficient (Wildman–Crippen LogP) is 2.87. The quantitative estimate of drug-likeness (QED) is 0.872. The van der Waals surface area contributed by atoms with Crippen molar-refractivity contribution in [1.29, 1.82) is 0 Å². The molecule has 2 N–H and O–H groups in total. The lowest BCUT2D eigenvalue weighted by atomic mass is 9.62. The van der Waals surface area contributed by atoms with Crippen molar-refractivity contribution in [3.05, 3.63) is 35.4 Å². The van der Waals surface area contributed by atoms with E-state index in [-0.39, 0.29) is 11.5 Å². The van der Waals surface area contributed by atoms with Crippen LogP contribution in [0.1, 0.15) is 41.6 Å². The molecule has 6 aliphatic rings. The third-order valence-electron chi connectivity index (χ3n) is 8.86. The molecule has 1 saturated heterocycles. The summed E-state index contributed by atoms with van der Waals surface area (Å²) >= 11 is 0. The van der Waals surface area contributed by atoms with Crippen LogP contribution in [0.15, 0.2) is 24.3 Å². The monoisotopic (exact) mass is 366 g/mol. The number of hydrogen-bond acceptors (Lipinski definition) is 3. The summed E-state index contributed by atoms with van der Waals surface area (Å²) in [4.78, 5) is 14.5. The Bertz CT molecular complexity index is 762. The Morgan fingerprint density at radius 1 is 1.22 bits per heavy atom. The Morgan fingerprint density at radius 3 is 2.56 bits per heavy atom. The van der Waals surface area contributed by atoms with Crippen molar-refractivity contribution in [2.24, 2.45) is 47.2 Å². The van der Waals surface area contributed by atoms with Crippen molar-refractivity contribution in [3.8, 4) is 0 Å². The number of carbonyl (C=O) groups excluding carboxylic acids is 1. The van der Waals surface area contributed by atoms with Crippen molar-refractivity contribution in [1.82, 2.24) is 4.90 Å². The number of methoxy groups -OCH3 is 1. The van der Waals surface area contributed by atoms with E-state index in [0.29, 0.717) is 17.4 Å². The van der Waals surface area contributed by atoms with E-state index in [2.05, 4.69) is 11.0 Å². The highest BCUT2D eigenvalue weighted by atomic mass is 16.5. The van der Waals surface area contributed by atoms with E-state index in [0.717, 1.165) is 48.2 Å². The highest BCUT2D eigenvalue weighted by Crippen LogP contribution is 2.83. The molecule has 4 unspecified atom stereocenters. The van der Waals surface area contributed by atoms with Gasteiger partial charge in [0.05, 0.1) is 0 Å². The molecule has 0 spiro atoms. The van der Waals surface area contributed by atoms with Crippen LogP contribution in [-0.2, 0) is 10.3 Å². The van der Waals surface area contributed by atoms with Crippen LogP contribution in [-0.4, -0.2) is 37.6 Å². The summed E-state index contributed by atoms with van der Waals surface area (Å²) in [6.45, 7) is 3.57. The minimum absolute atomic E-state index is 0.261. The van der Waals surface area contributed by atoms with Gasteiger partial charge in [-0.05, 0) is 66.5 Å². The molecule has 7 rings (SSSR count). The number of nitrogens with two attached hydrogens (primary N) is 1. The number of rotatable bonds is 5. The van der Waals surface area contributed by atoms with Crippen LogP contribution >= 0.6 is 0 Å². The van der Waals surface area contributed by atoms with Crippen molar-refractivity contribution < 1.29 is 9.53 Å². The zero-order valence-electron chi connectivity index (χ0n) is 16.1. The average molecular weight is 367 g/mol. The Hall–Kier alpha value is -1.39. The molecule has 5 aliphatic carbocycles. The first-order valence-electron chi connectivity index (χ1n) is 10.8. The number of benzene rings is 1. The minimum Gasteiger partial charge on any atom is -0.373 e. The topological polar surface area (TPSA) is 55.6 Å². The maximum atomic E-state index is 11.7. The molecule has 144 valence electrons. The van der Waals surface area contributed by atoms with Crippen molar-refractivity contribution in [2.45, 2.75) is 31.3 Å². The Kier molecular flexibility index (Phi) is 3.42. The summed E-state index contributed by atoms with van der Waals surface area (Å²) in [5.41, 5.74) is 7.05. The van der Waals surface area contributed by atoms with Gasteiger partial charge in [0, 0.05) is 44.1 Å². The van der Waals surface area contributed by atoms with E-state index < -0.39 is 0 Å². The number of likely N-dealkylation sites (tertiary alicyclic amines) is 1. The number of fused-ring (bicyclic) bond motifs is 3. The summed E-state index contributed by atoms with van der Waals surface area (Å²) in [6.07, 6.45) is 5.22. The van der Waals surface area contributed by atoms with Gasteiger partial charge in [-0.1, -0.05) is 18.6 Å². The molecule has 7 atom stereocenters. The van der Waals surface area contributed by atoms with Gasteiger partial charge >= 0.3 is 0 Å². The second-order valence-electron chi connectivity index (χ2n) is 9.88. The molecule has 0 radical (unpaired) electrons. The van der Waals surface area contributed by atoms with Crippen LogP contribution in [0.5, 0.6) is 0 Å². The average Bonchev–Trinajstić information content (AvgIpc) is 3.49. The first kappa shape index (κ1) is 16.6. The summed E-state index contributed by atoms with van der Waals surface area (Å²) < 4.78 is 6.34. The molecule has 1 aliphatic heterocycles. The standard InChI is InChI=1S/C23H30N2O2/c1-27-23(15-5-2-4-13(8-15)22(24)26)16-6-3-7-17(23)12-25(11-16)10-14-9-18-20-19(14)21(18)20/h2,4-5,8,14,16-21H,3,6-7,9-12H2,1H3,(H2,24,26)/t14-,16?,17?,18-,19?,20-,21?,23?/m0/s1. The van der Waals surface area contributed by atoms with E-state index in [1.54, 1.807) is 0 Å². The van der Waals surface area contributed by atoms with E-state index >= 15 is 0 Å². The SMILES string of the molecule is COC1(c2cccc(C(N)=O)c2)C2CCCC1CN(C[C@@H]1C[C@@H]3C4C1[C@@H]43)C2. The van der Waals surface area contributed by atoms with Crippen molar-refractivity contribution in [2.75, 3.05) is 26.7 Å². The molecule has 4 nitrogen and oxygen atoms in total. The zero-order chi connectivity index (χ0) is 18.3. The van der Waals surface area contributed by atoms with Crippen LogP contribution in [0.4, 0.5) is 0 Å². The fraction of sp³-hybridized carbons (Fsp3) is 0.696. The molecule has 1 amide bonds. The Morgan fingerprint density at radius 2 is 1.96 bits per heavy atom. The normalized spacial score (nSPS) is 46.8. The second-order valence-corrected chi connectivity index (χ2v) is 9.88. The minimum atomic E-state index is -0.353. The smallest absolute Gasteiger partial charge is 0.248 e. The lowest BCUT2D eigenvalue weighted by Crippen LogP contribution is -2.59. The molecule has 27 heavy (non-hydrogen) atoms. The van der Waals surface area contributed by atoms with Crippen LogP contribution in [0.2, 0.25) is 0 Å². The van der Waals surface area contributed by atoms with Gasteiger partial charge in [0.1, 0.15) is 5.60 Å². The largest absolute Gasteiger partial charge is 0.373 e. The highest BCUT2D eigenvalue weighted by Gasteiger charge is 2.79. The van der Waals surface area contributed by atoms with Gasteiger partial charge in [-0.3, -0.25) is 4.79 Å². The van der Waals surface area contributed by atoms with E-state index in [4.69, 9.17) is 10.5 Å². The Balaban J connectivity index is 1.28. The van der Waals surface area contributed by atoms with Crippen LogP contribution in [0, 0.1) is 41.4 Å². The van der Waals surface area contributed by atoms with Gasteiger partial charge in [-0.2, -0.15) is 0 Å². The lowest BCUT2D eigenvalue weighted by Gasteiger charge is -2.55. The first-order chi connectivity index (χ1) is 13.1. The van der Waals surface area contributed by atoms with Gasteiger partial charge in [0.15, 0.2) is 0 Å². The van der Waals surface area contributed by atoms with Crippen molar-refractivity contribution in [3.63, 3.8) is 0 Å². The number of carbonyl (C=O) groups is 1. The molecule has 6 fully saturated rings. The van der Waals surface area contributed by atoms with Gasteiger partial charge in [0.25, 0.3) is 0 Å². The van der Waals surface area contributed by atoms with Gasteiger partial charge in [-0.25, -0.2) is 0 Å². The maximum Gasteiger partial charge on any atom is 0.248 e. The number of primary amides is 1. The van der Waals surface area contributed by atoms with E-state index in [1.165, 1.54) is 32.2 Å². The van der Waals surface area contributed by atoms with Crippen LogP contribution in [0.3, 0.4) is 0 Å². The molecular weight excluding hydrogens is 336 g/mol. The van der Waals surface area contributed by atoms with Crippen molar-refractivity contribution >= 4 is 5.91 Å². The summed E-state index contributed by atoms with van der Waals surface area (Å²) in [6, 6.07) is 7.91. The molecular formula is C23H30N2O2. The first-order valence-corrected chi connectivity index (χ1v) is 10.8. The summed E-state index contributed by atoms with van der Waals surface area (Å²) in [7, 11) is 1.87. The zero-order valence-corrected chi connectivity index (χ0v) is 16.1. The maximum absolute atomic E-state index is 11.7. The predicted molar refractivity (Wildman–Crippen MR) is 103 cm³/mol. The fourth-order valence-electron chi connectivity index (χ4n) is 7.73. The van der Waals surface area contributed by atoms with Gasteiger partial charge < -0.3 is 15.4 Å². The third kappa shape index (κ3) is 2.20. The van der Waals surface area contributed by atoms with E-state index in [1.807, 2.05) is 25.3 Å². The lowest BCUT2D eigenvalue weighted by molar-refractivity contribution is -0.170. The number of amides is 1. The number of hydrogen-bond donors (Lipinski definition) is 1. The van der Waals surface area contributed by atoms with Gasteiger partial charge in [0.2, 0.25) is 5.91 Å². The van der Waals surface area contributed by atoms with Gasteiger partial charge in [-0.15, -0.1) is 0 Å². The molecule has 4 bridgehead atoms. The number of nitrogens with zero attached hydrogens (tertiary/aromatic N) is 1. The number of ether oxygens (including phenoxy) is 1. The molecule has 1 heterocycles. The molecule has 1 aromatic rings.